The molecule has 0 bridgehead atoms. The lowest BCUT2D eigenvalue weighted by Crippen LogP contribution is -2.70. The molecule has 1 rings (SSSR count). The van der Waals surface area contributed by atoms with Gasteiger partial charge in [0.2, 0.25) is 0 Å². The highest BCUT2D eigenvalue weighted by atomic mass is 16.3. The van der Waals surface area contributed by atoms with Gasteiger partial charge in [0.25, 0.3) is 0 Å². The summed E-state index contributed by atoms with van der Waals surface area (Å²) in [5.41, 5.74) is 5.08. The Morgan fingerprint density at radius 1 is 1.20 bits per heavy atom. The van der Waals surface area contributed by atoms with Gasteiger partial charge >= 0.3 is 0 Å². The van der Waals surface area contributed by atoms with Crippen molar-refractivity contribution in [3.8, 4) is 0 Å². The van der Waals surface area contributed by atoms with Crippen LogP contribution >= 0.6 is 0 Å². The van der Waals surface area contributed by atoms with E-state index in [4.69, 9.17) is 17.5 Å². The Morgan fingerprint density at radius 2 is 1.73 bits per heavy atom. The molecule has 1 atom stereocenters. The summed E-state index contributed by atoms with van der Waals surface area (Å²) in [5.74, 6) is 15.7. The van der Waals surface area contributed by atoms with Crippen LogP contribution in [0.2, 0.25) is 0 Å². The van der Waals surface area contributed by atoms with Crippen molar-refractivity contribution in [3.05, 3.63) is 18.5 Å². The fourth-order valence-electron chi connectivity index (χ4n) is 1.02. The van der Waals surface area contributed by atoms with Gasteiger partial charge in [-0.15, -0.1) is 0 Å². The summed E-state index contributed by atoms with van der Waals surface area (Å²) < 4.78 is 0. The van der Waals surface area contributed by atoms with Crippen LogP contribution < -0.4 is 33.8 Å². The lowest BCUT2D eigenvalue weighted by Gasteiger charge is -2.34. The Kier molecular flexibility index (Phi) is 3.93. The molecule has 0 amide bonds. The molecule has 0 aliphatic carbocycles. The van der Waals surface area contributed by atoms with Crippen molar-refractivity contribution in [2.75, 3.05) is 0 Å². The summed E-state index contributed by atoms with van der Waals surface area (Å²) in [4.78, 5) is 11.2. The van der Waals surface area contributed by atoms with E-state index in [1.807, 2.05) is 0 Å². The average Bonchev–Trinajstić information content (AvgIpc) is 2.32. The number of hydrogen-bond donors (Lipinski definition) is 7. The number of nitrogens with one attached hydrogen (secondary N) is 3. The first-order valence-electron chi connectivity index (χ1n) is 3.93. The van der Waals surface area contributed by atoms with Crippen LogP contribution in [0.25, 0.3) is 0 Å². The maximum atomic E-state index is 9.60. The molecule has 1 aromatic rings. The van der Waals surface area contributed by atoms with Gasteiger partial charge in [0.15, 0.2) is 17.7 Å². The lowest BCUT2D eigenvalue weighted by atomic mass is 10.1. The van der Waals surface area contributed by atoms with Gasteiger partial charge < -0.3 is 5.11 Å². The van der Waals surface area contributed by atoms with Gasteiger partial charge in [-0.3, -0.25) is 17.5 Å². The van der Waals surface area contributed by atoms with Crippen LogP contribution in [-0.2, 0) is 5.66 Å². The molecule has 84 valence electrons. The van der Waals surface area contributed by atoms with Gasteiger partial charge in [-0.05, 0) is 0 Å². The molecule has 0 aliphatic heterocycles. The molecule has 0 saturated heterocycles. The molecular weight excluding hydrogens is 202 g/mol. The Labute approximate surface area is 85.2 Å². The second kappa shape index (κ2) is 4.99. The van der Waals surface area contributed by atoms with Gasteiger partial charge in [0.05, 0.1) is 0 Å². The molecule has 10 nitrogen and oxygen atoms in total. The molecule has 10 heteroatoms. The van der Waals surface area contributed by atoms with Crippen LogP contribution in [0.1, 0.15) is 5.82 Å². The SMILES string of the molecule is NNC(O)C(NN)(NN)c1ncncn1. The van der Waals surface area contributed by atoms with E-state index in [0.29, 0.717) is 0 Å². The smallest absolute Gasteiger partial charge is 0.196 e. The summed E-state index contributed by atoms with van der Waals surface area (Å²) in [6, 6.07) is 0. The summed E-state index contributed by atoms with van der Waals surface area (Å²) in [5, 5.41) is 9.60. The van der Waals surface area contributed by atoms with Gasteiger partial charge in [-0.1, -0.05) is 0 Å². The third-order valence-corrected chi connectivity index (χ3v) is 1.87. The maximum absolute atomic E-state index is 9.60. The molecular formula is C5H13N9O. The second-order valence-electron chi connectivity index (χ2n) is 2.63. The largest absolute Gasteiger partial charge is 0.373 e. The van der Waals surface area contributed by atoms with Crippen LogP contribution in [-0.4, -0.2) is 26.3 Å². The highest BCUT2D eigenvalue weighted by Crippen LogP contribution is 2.13. The van der Waals surface area contributed by atoms with E-state index in [9.17, 15) is 5.11 Å². The summed E-state index contributed by atoms with van der Waals surface area (Å²) in [6.07, 6.45) is 1.12. The molecule has 1 aromatic heterocycles. The van der Waals surface area contributed by atoms with Gasteiger partial charge in [0, 0.05) is 0 Å². The number of aliphatic hydroxyl groups is 1. The highest BCUT2D eigenvalue weighted by Gasteiger charge is 2.40. The van der Waals surface area contributed by atoms with Crippen molar-refractivity contribution in [3.63, 3.8) is 0 Å². The summed E-state index contributed by atoms with van der Waals surface area (Å²) >= 11 is 0. The number of aliphatic hydroxyl groups excluding tert-OH is 1. The van der Waals surface area contributed by atoms with Gasteiger partial charge in [0.1, 0.15) is 12.7 Å². The van der Waals surface area contributed by atoms with Gasteiger partial charge in [-0.25, -0.2) is 31.2 Å². The minimum absolute atomic E-state index is 0.0907. The van der Waals surface area contributed by atoms with Crippen LogP contribution in [0, 0.1) is 0 Å². The Morgan fingerprint density at radius 3 is 2.13 bits per heavy atom. The minimum Gasteiger partial charge on any atom is -0.373 e. The fourth-order valence-corrected chi connectivity index (χ4v) is 1.02. The zero-order valence-corrected chi connectivity index (χ0v) is 7.75. The Balaban J connectivity index is 3.11. The van der Waals surface area contributed by atoms with Crippen molar-refractivity contribution < 1.29 is 5.11 Å². The third kappa shape index (κ3) is 2.05. The van der Waals surface area contributed by atoms with E-state index in [1.54, 1.807) is 0 Å². The molecule has 0 saturated carbocycles. The van der Waals surface area contributed by atoms with Crippen molar-refractivity contribution >= 4 is 0 Å². The van der Waals surface area contributed by atoms with Crippen molar-refractivity contribution in [1.29, 1.82) is 0 Å². The Hall–Kier alpha value is -1.27. The lowest BCUT2D eigenvalue weighted by molar-refractivity contribution is 0.00158. The van der Waals surface area contributed by atoms with Crippen LogP contribution in [0.15, 0.2) is 12.7 Å². The van der Waals surface area contributed by atoms with E-state index in [0.717, 1.165) is 0 Å². The van der Waals surface area contributed by atoms with E-state index >= 15 is 0 Å². The number of rotatable bonds is 5. The molecule has 0 spiro atoms. The number of nitrogens with zero attached hydrogens (tertiary/aromatic N) is 3. The molecule has 10 N–H and O–H groups in total. The number of hydrogen-bond acceptors (Lipinski definition) is 10. The first kappa shape index (κ1) is 11.8. The third-order valence-electron chi connectivity index (χ3n) is 1.87. The van der Waals surface area contributed by atoms with Crippen molar-refractivity contribution in [2.45, 2.75) is 11.9 Å². The molecule has 1 heterocycles. The molecule has 0 aromatic carbocycles. The van der Waals surface area contributed by atoms with Gasteiger partial charge in [-0.2, -0.15) is 0 Å². The highest BCUT2D eigenvalue weighted by molar-refractivity contribution is 5.04. The topological polar surface area (TPSA) is 173 Å². The number of aromatic nitrogens is 3. The predicted octanol–water partition coefficient (Wildman–Crippen LogP) is -4.27. The number of nitrogens with two attached hydrogens (primary N) is 3. The van der Waals surface area contributed by atoms with Crippen molar-refractivity contribution in [2.24, 2.45) is 17.5 Å². The first-order valence-corrected chi connectivity index (χ1v) is 3.93. The van der Waals surface area contributed by atoms with Crippen LogP contribution in [0.4, 0.5) is 0 Å². The number of hydrazine groups is 3. The molecule has 1 unspecified atom stereocenters. The molecule has 0 aliphatic rings. The predicted molar refractivity (Wildman–Crippen MR) is 49.5 cm³/mol. The molecule has 0 fully saturated rings. The molecule has 0 radical (unpaired) electrons. The van der Waals surface area contributed by atoms with Crippen molar-refractivity contribution in [1.82, 2.24) is 31.2 Å². The minimum atomic E-state index is -1.50. The fraction of sp³-hybridized carbons (Fsp3) is 0.400. The quantitative estimate of drug-likeness (QED) is 0.145. The van der Waals surface area contributed by atoms with E-state index in [2.05, 4.69) is 31.2 Å². The van der Waals surface area contributed by atoms with E-state index in [-0.39, 0.29) is 5.82 Å². The average molecular weight is 215 g/mol. The van der Waals surface area contributed by atoms with E-state index in [1.165, 1.54) is 12.7 Å². The van der Waals surface area contributed by atoms with E-state index < -0.39 is 11.9 Å². The summed E-state index contributed by atoms with van der Waals surface area (Å²) in [7, 11) is 0. The standard InChI is InChI=1S/C5H13N9O/c6-12-4(15)5(13-7,14-8)3-10-1-9-2-11-3/h1-2,4,12-15H,6-8H2. The normalized spacial score (nSPS) is 13.9. The monoisotopic (exact) mass is 215 g/mol. The first-order chi connectivity index (χ1) is 7.21. The Bertz CT molecular complexity index is 288. The molecule has 15 heavy (non-hydrogen) atoms. The van der Waals surface area contributed by atoms with Crippen LogP contribution in [0.5, 0.6) is 0 Å². The van der Waals surface area contributed by atoms with Crippen LogP contribution in [0.3, 0.4) is 0 Å². The zero-order valence-electron chi connectivity index (χ0n) is 7.75. The second-order valence-corrected chi connectivity index (χ2v) is 2.63. The zero-order chi connectivity index (χ0) is 11.3. The maximum Gasteiger partial charge on any atom is 0.196 e. The summed E-state index contributed by atoms with van der Waals surface area (Å²) in [6.45, 7) is 0.